The molecule has 0 bridgehead atoms. The molecule has 1 fully saturated rings. The Bertz CT molecular complexity index is 916. The van der Waals surface area contributed by atoms with Gasteiger partial charge in [0.15, 0.2) is 11.5 Å². The van der Waals surface area contributed by atoms with E-state index < -0.39 is 0 Å². The lowest BCUT2D eigenvalue weighted by atomic mass is 10.1. The fourth-order valence-corrected chi connectivity index (χ4v) is 4.90. The summed E-state index contributed by atoms with van der Waals surface area (Å²) >= 11 is 1.76. The molecule has 31 heavy (non-hydrogen) atoms. The first-order valence-corrected chi connectivity index (χ1v) is 12.0. The van der Waals surface area contributed by atoms with Gasteiger partial charge in [-0.05, 0) is 62.4 Å². The van der Waals surface area contributed by atoms with E-state index >= 15 is 0 Å². The Labute approximate surface area is 188 Å². The monoisotopic (exact) mass is 441 g/mol. The highest BCUT2D eigenvalue weighted by Crippen LogP contribution is 2.40. The van der Waals surface area contributed by atoms with E-state index in [2.05, 4.69) is 37.8 Å². The summed E-state index contributed by atoms with van der Waals surface area (Å²) in [5.41, 5.74) is 2.09. The maximum atomic E-state index is 12.7. The van der Waals surface area contributed by atoms with Crippen LogP contribution in [0.1, 0.15) is 42.5 Å². The summed E-state index contributed by atoms with van der Waals surface area (Å²) in [6.07, 6.45) is 6.41. The van der Waals surface area contributed by atoms with Gasteiger partial charge in [0.25, 0.3) is 0 Å². The molecule has 1 saturated heterocycles. The molecule has 3 heterocycles. The number of nitrogens with zero attached hydrogens (tertiary/aromatic N) is 1. The Balaban J connectivity index is 1.62. The van der Waals surface area contributed by atoms with E-state index in [1.807, 2.05) is 4.90 Å². The van der Waals surface area contributed by atoms with Crippen molar-refractivity contribution in [3.63, 3.8) is 0 Å². The molecule has 0 spiro atoms. The smallest absolute Gasteiger partial charge is 0.223 e. The van der Waals surface area contributed by atoms with Crippen molar-refractivity contribution >= 4 is 17.2 Å². The van der Waals surface area contributed by atoms with Crippen LogP contribution in [0.4, 0.5) is 0 Å². The number of allylic oxidation sites excluding steroid dienone is 1. The van der Waals surface area contributed by atoms with Crippen molar-refractivity contribution in [1.82, 2.24) is 4.90 Å². The highest BCUT2D eigenvalue weighted by molar-refractivity contribution is 7.15. The quantitative estimate of drug-likeness (QED) is 0.543. The lowest BCUT2D eigenvalue weighted by molar-refractivity contribution is -0.131. The summed E-state index contributed by atoms with van der Waals surface area (Å²) in [4.78, 5) is 17.0. The Morgan fingerprint density at radius 2 is 2.23 bits per heavy atom. The van der Waals surface area contributed by atoms with Crippen molar-refractivity contribution in [2.24, 2.45) is 0 Å². The summed E-state index contributed by atoms with van der Waals surface area (Å²) in [6.45, 7) is 8.72. The molecule has 2 aliphatic heterocycles. The van der Waals surface area contributed by atoms with Crippen LogP contribution in [0.3, 0.4) is 0 Å². The zero-order valence-electron chi connectivity index (χ0n) is 18.2. The number of rotatable bonds is 7. The fraction of sp³-hybridized carbons (Fsp3) is 0.480. The van der Waals surface area contributed by atoms with Crippen LogP contribution >= 0.6 is 11.3 Å². The molecule has 2 aromatic rings. The molecule has 6 heteroatoms. The van der Waals surface area contributed by atoms with Crippen LogP contribution in [0.2, 0.25) is 0 Å². The second kappa shape index (κ2) is 10.3. The molecular weight excluding hydrogens is 410 g/mol. The maximum absolute atomic E-state index is 12.7. The molecule has 4 rings (SSSR count). The maximum Gasteiger partial charge on any atom is 0.223 e. The third kappa shape index (κ3) is 5.49. The molecule has 0 radical (unpaired) electrons. The summed E-state index contributed by atoms with van der Waals surface area (Å²) < 4.78 is 18.2. The predicted octanol–water partition coefficient (Wildman–Crippen LogP) is 5.36. The number of thiophene rings is 1. The van der Waals surface area contributed by atoms with Crippen LogP contribution in [-0.2, 0) is 16.1 Å². The molecule has 1 atom stereocenters. The summed E-state index contributed by atoms with van der Waals surface area (Å²) in [5, 5.41) is 0. The van der Waals surface area contributed by atoms with Crippen molar-refractivity contribution < 1.29 is 19.0 Å². The zero-order valence-corrected chi connectivity index (χ0v) is 19.0. The number of amides is 1. The largest absolute Gasteiger partial charge is 0.487 e. The number of benzene rings is 1. The van der Waals surface area contributed by atoms with Gasteiger partial charge in [0.1, 0.15) is 13.2 Å². The third-order valence-electron chi connectivity index (χ3n) is 5.74. The topological polar surface area (TPSA) is 48.0 Å². The first kappa shape index (κ1) is 21.9. The average molecular weight is 442 g/mol. The lowest BCUT2D eigenvalue weighted by Crippen LogP contribution is -2.32. The van der Waals surface area contributed by atoms with E-state index in [1.165, 1.54) is 16.2 Å². The van der Waals surface area contributed by atoms with Gasteiger partial charge in [0.2, 0.25) is 5.91 Å². The molecule has 0 aliphatic carbocycles. The number of ether oxygens (including phenoxy) is 3. The van der Waals surface area contributed by atoms with Gasteiger partial charge >= 0.3 is 0 Å². The van der Waals surface area contributed by atoms with E-state index in [9.17, 15) is 4.79 Å². The number of fused-ring (bicyclic) bond motifs is 1. The molecule has 1 amide bonds. The van der Waals surface area contributed by atoms with E-state index in [4.69, 9.17) is 14.2 Å². The van der Waals surface area contributed by atoms with Crippen LogP contribution in [0, 0.1) is 6.92 Å². The SMILES string of the molecule is C=CCCC(=O)N1CCOc2c(cc(-c3ccc(C)s3)cc2OC[C@@H]2CCCCO2)C1. The first-order chi connectivity index (χ1) is 15.1. The fourth-order valence-electron chi connectivity index (χ4n) is 4.04. The lowest BCUT2D eigenvalue weighted by Gasteiger charge is -2.24. The highest BCUT2D eigenvalue weighted by Gasteiger charge is 2.24. The summed E-state index contributed by atoms with van der Waals surface area (Å²) in [6, 6.07) is 8.48. The van der Waals surface area contributed by atoms with Crippen LogP contribution in [0.15, 0.2) is 36.9 Å². The predicted molar refractivity (Wildman–Crippen MR) is 124 cm³/mol. The number of carbonyl (C=O) groups excluding carboxylic acids is 1. The molecular formula is C25H31NO4S. The van der Waals surface area contributed by atoms with Crippen LogP contribution in [-0.4, -0.2) is 43.3 Å². The van der Waals surface area contributed by atoms with Crippen LogP contribution < -0.4 is 9.47 Å². The average Bonchev–Trinajstić information content (AvgIpc) is 3.10. The molecule has 1 aromatic carbocycles. The third-order valence-corrected chi connectivity index (χ3v) is 6.79. The van der Waals surface area contributed by atoms with Gasteiger partial charge in [0.05, 0.1) is 12.6 Å². The Hall–Kier alpha value is -2.31. The first-order valence-electron chi connectivity index (χ1n) is 11.1. The zero-order chi connectivity index (χ0) is 21.6. The van der Waals surface area contributed by atoms with Gasteiger partial charge in [0, 0.05) is 34.9 Å². The molecule has 166 valence electrons. The van der Waals surface area contributed by atoms with E-state index in [1.54, 1.807) is 17.4 Å². The number of carbonyl (C=O) groups is 1. The summed E-state index contributed by atoms with van der Waals surface area (Å²) in [7, 11) is 0. The van der Waals surface area contributed by atoms with Gasteiger partial charge in [-0.15, -0.1) is 17.9 Å². The van der Waals surface area contributed by atoms with Crippen molar-refractivity contribution in [2.45, 2.75) is 51.7 Å². The van der Waals surface area contributed by atoms with Gasteiger partial charge in [-0.2, -0.15) is 0 Å². The minimum absolute atomic E-state index is 0.125. The summed E-state index contributed by atoms with van der Waals surface area (Å²) in [5.74, 6) is 1.63. The van der Waals surface area contributed by atoms with Gasteiger partial charge in [-0.25, -0.2) is 0 Å². The van der Waals surface area contributed by atoms with E-state index in [0.717, 1.165) is 42.1 Å². The normalized spacial score (nSPS) is 18.6. The van der Waals surface area contributed by atoms with E-state index in [0.29, 0.717) is 39.1 Å². The van der Waals surface area contributed by atoms with Gasteiger partial charge in [-0.3, -0.25) is 4.79 Å². The number of hydrogen-bond donors (Lipinski definition) is 0. The minimum Gasteiger partial charge on any atom is -0.487 e. The Kier molecular flexibility index (Phi) is 7.30. The Morgan fingerprint density at radius 1 is 1.32 bits per heavy atom. The standard InChI is InChI=1S/C25H31NO4S/c1-3-4-8-24(27)26-11-13-29-25-20(16-26)14-19(23-10-9-18(2)31-23)15-22(25)30-17-21-7-5-6-12-28-21/h3,9-10,14-15,21H,1,4-8,11-13,16-17H2,2H3/t21-/m0/s1. The Morgan fingerprint density at radius 3 is 2.97 bits per heavy atom. The molecule has 1 aromatic heterocycles. The van der Waals surface area contributed by atoms with Crippen LogP contribution in [0.25, 0.3) is 10.4 Å². The van der Waals surface area contributed by atoms with Crippen LogP contribution in [0.5, 0.6) is 11.5 Å². The van der Waals surface area contributed by atoms with Crippen molar-refractivity contribution in [2.75, 3.05) is 26.4 Å². The second-order valence-electron chi connectivity index (χ2n) is 8.16. The minimum atomic E-state index is 0.125. The number of hydrogen-bond acceptors (Lipinski definition) is 5. The molecule has 0 unspecified atom stereocenters. The number of aryl methyl sites for hydroxylation is 1. The van der Waals surface area contributed by atoms with Crippen molar-refractivity contribution in [3.05, 3.63) is 47.4 Å². The van der Waals surface area contributed by atoms with Crippen molar-refractivity contribution in [1.29, 1.82) is 0 Å². The molecule has 5 nitrogen and oxygen atoms in total. The molecule has 2 aliphatic rings. The second-order valence-corrected chi connectivity index (χ2v) is 9.45. The molecule has 0 N–H and O–H groups in total. The molecule has 0 saturated carbocycles. The van der Waals surface area contributed by atoms with E-state index in [-0.39, 0.29) is 12.0 Å². The van der Waals surface area contributed by atoms with Gasteiger partial charge < -0.3 is 19.1 Å². The van der Waals surface area contributed by atoms with Crippen molar-refractivity contribution in [3.8, 4) is 21.9 Å². The van der Waals surface area contributed by atoms with Gasteiger partial charge in [-0.1, -0.05) is 6.08 Å². The highest BCUT2D eigenvalue weighted by atomic mass is 32.1.